The van der Waals surface area contributed by atoms with E-state index >= 15 is 0 Å². The van der Waals surface area contributed by atoms with Gasteiger partial charge in [0.2, 0.25) is 5.91 Å². The maximum Gasteiger partial charge on any atom is 0.219 e. The van der Waals surface area contributed by atoms with Gasteiger partial charge in [0.05, 0.1) is 29.3 Å². The Balaban J connectivity index is 1.65. The fraction of sp³-hybridized carbons (Fsp3) is 0.500. The van der Waals surface area contributed by atoms with Crippen molar-refractivity contribution < 1.29 is 4.79 Å². The number of hydrogen-bond acceptors (Lipinski definition) is 4. The number of nitrogens with zero attached hydrogens (tertiary/aromatic N) is 4. The molecule has 1 amide bonds. The monoisotopic (exact) mass is 310 g/mol. The van der Waals surface area contributed by atoms with Crippen LogP contribution in [0.25, 0.3) is 11.0 Å². The van der Waals surface area contributed by atoms with Gasteiger partial charge in [-0.15, -0.1) is 0 Å². The molecule has 2 atom stereocenters. The fourth-order valence-corrected chi connectivity index (χ4v) is 4.15. The SMILES string of the molecule is CC(=O)N1CCC[C@H]1[C@H]1CCCN1c1cnc2ccccc2n1. The third-order valence-electron chi connectivity index (χ3n) is 5.18. The minimum absolute atomic E-state index is 0.198. The van der Waals surface area contributed by atoms with Crippen LogP contribution >= 0.6 is 0 Å². The number of likely N-dealkylation sites (tertiary alicyclic amines) is 1. The Labute approximate surface area is 136 Å². The molecule has 5 heteroatoms. The predicted octanol–water partition coefficient (Wildman–Crippen LogP) is 2.61. The molecule has 2 aliphatic heterocycles. The number of anilines is 1. The summed E-state index contributed by atoms with van der Waals surface area (Å²) in [6.07, 6.45) is 6.37. The molecule has 0 unspecified atom stereocenters. The summed E-state index contributed by atoms with van der Waals surface area (Å²) in [5.41, 5.74) is 1.86. The Kier molecular flexibility index (Phi) is 3.63. The summed E-state index contributed by atoms with van der Waals surface area (Å²) in [7, 11) is 0. The number of rotatable bonds is 2. The third-order valence-corrected chi connectivity index (χ3v) is 5.18. The molecule has 2 aromatic rings. The van der Waals surface area contributed by atoms with E-state index in [0.717, 1.165) is 55.6 Å². The van der Waals surface area contributed by atoms with E-state index < -0.39 is 0 Å². The van der Waals surface area contributed by atoms with Gasteiger partial charge in [0.25, 0.3) is 0 Å². The lowest BCUT2D eigenvalue weighted by molar-refractivity contribution is -0.129. The lowest BCUT2D eigenvalue weighted by atomic mass is 10.0. The van der Waals surface area contributed by atoms with E-state index in [1.807, 2.05) is 30.5 Å². The number of carbonyl (C=O) groups excluding carboxylic acids is 1. The van der Waals surface area contributed by atoms with Crippen molar-refractivity contribution in [1.82, 2.24) is 14.9 Å². The Morgan fingerprint density at radius 3 is 2.65 bits per heavy atom. The molecule has 0 spiro atoms. The van der Waals surface area contributed by atoms with Crippen LogP contribution in [0.4, 0.5) is 5.82 Å². The van der Waals surface area contributed by atoms with Crippen LogP contribution in [0.2, 0.25) is 0 Å². The average Bonchev–Trinajstić information content (AvgIpc) is 3.22. The van der Waals surface area contributed by atoms with E-state index in [4.69, 9.17) is 4.98 Å². The fourth-order valence-electron chi connectivity index (χ4n) is 4.15. The van der Waals surface area contributed by atoms with Crippen LogP contribution in [-0.4, -0.2) is 45.9 Å². The molecule has 23 heavy (non-hydrogen) atoms. The second-order valence-electron chi connectivity index (χ2n) is 6.54. The number of hydrogen-bond donors (Lipinski definition) is 0. The zero-order valence-electron chi connectivity index (χ0n) is 13.5. The molecule has 5 nitrogen and oxygen atoms in total. The molecule has 0 radical (unpaired) electrons. The van der Waals surface area contributed by atoms with Crippen LogP contribution in [0, 0.1) is 0 Å². The third kappa shape index (κ3) is 2.54. The maximum absolute atomic E-state index is 11.9. The first-order chi connectivity index (χ1) is 11.2. The van der Waals surface area contributed by atoms with Crippen molar-refractivity contribution in [1.29, 1.82) is 0 Å². The number of carbonyl (C=O) groups is 1. The van der Waals surface area contributed by atoms with Crippen molar-refractivity contribution >= 4 is 22.8 Å². The summed E-state index contributed by atoms with van der Waals surface area (Å²) < 4.78 is 0. The molecule has 2 saturated heterocycles. The number of benzene rings is 1. The van der Waals surface area contributed by atoms with Gasteiger partial charge < -0.3 is 9.80 Å². The van der Waals surface area contributed by atoms with Crippen LogP contribution in [0.1, 0.15) is 32.6 Å². The Morgan fingerprint density at radius 1 is 1.09 bits per heavy atom. The summed E-state index contributed by atoms with van der Waals surface area (Å²) in [5.74, 6) is 1.14. The minimum Gasteiger partial charge on any atom is -0.350 e. The molecule has 120 valence electrons. The van der Waals surface area contributed by atoms with Gasteiger partial charge in [-0.25, -0.2) is 4.98 Å². The van der Waals surface area contributed by atoms with Crippen molar-refractivity contribution in [2.75, 3.05) is 18.0 Å². The Hall–Kier alpha value is -2.17. The van der Waals surface area contributed by atoms with Gasteiger partial charge in [0, 0.05) is 20.0 Å². The van der Waals surface area contributed by atoms with Crippen molar-refractivity contribution in [2.45, 2.75) is 44.7 Å². The van der Waals surface area contributed by atoms with Crippen LogP contribution in [0.15, 0.2) is 30.5 Å². The van der Waals surface area contributed by atoms with Gasteiger partial charge in [-0.3, -0.25) is 9.78 Å². The molecule has 0 saturated carbocycles. The number of amides is 1. The lowest BCUT2D eigenvalue weighted by Crippen LogP contribution is -2.48. The zero-order valence-corrected chi connectivity index (χ0v) is 13.5. The highest BCUT2D eigenvalue weighted by molar-refractivity contribution is 5.76. The average molecular weight is 310 g/mol. The molecule has 2 fully saturated rings. The van der Waals surface area contributed by atoms with Crippen molar-refractivity contribution in [3.63, 3.8) is 0 Å². The van der Waals surface area contributed by atoms with E-state index in [-0.39, 0.29) is 5.91 Å². The number of para-hydroxylation sites is 2. The predicted molar refractivity (Wildman–Crippen MR) is 90.3 cm³/mol. The molecule has 3 heterocycles. The topological polar surface area (TPSA) is 49.3 Å². The standard InChI is InChI=1S/C18H22N4O/c1-13(23)21-10-4-8-16(21)17-9-5-11-22(17)18-12-19-14-6-2-3-7-15(14)20-18/h2-3,6-7,12,16-17H,4-5,8-11H2,1H3/t16-,17+/m0/s1. The number of aromatic nitrogens is 2. The van der Waals surface area contributed by atoms with Crippen molar-refractivity contribution in [2.24, 2.45) is 0 Å². The summed E-state index contributed by atoms with van der Waals surface area (Å²) in [4.78, 5) is 25.7. The second kappa shape index (κ2) is 5.80. The molecule has 0 bridgehead atoms. The van der Waals surface area contributed by atoms with Crippen molar-refractivity contribution in [3.8, 4) is 0 Å². The summed E-state index contributed by atoms with van der Waals surface area (Å²) in [5, 5.41) is 0. The highest BCUT2D eigenvalue weighted by atomic mass is 16.2. The molecule has 4 rings (SSSR count). The summed E-state index contributed by atoms with van der Waals surface area (Å²) in [6.45, 7) is 3.58. The van der Waals surface area contributed by atoms with Gasteiger partial charge in [0.15, 0.2) is 0 Å². The molecule has 1 aromatic carbocycles. The van der Waals surface area contributed by atoms with Gasteiger partial charge in [0.1, 0.15) is 5.82 Å². The van der Waals surface area contributed by atoms with Crippen LogP contribution in [0.5, 0.6) is 0 Å². The molecular weight excluding hydrogens is 288 g/mol. The first kappa shape index (κ1) is 14.4. The van der Waals surface area contributed by atoms with E-state index in [9.17, 15) is 4.79 Å². The highest BCUT2D eigenvalue weighted by Gasteiger charge is 2.39. The summed E-state index contributed by atoms with van der Waals surface area (Å²) in [6, 6.07) is 8.67. The smallest absolute Gasteiger partial charge is 0.219 e. The van der Waals surface area contributed by atoms with Gasteiger partial charge >= 0.3 is 0 Å². The zero-order chi connectivity index (χ0) is 15.8. The lowest BCUT2D eigenvalue weighted by Gasteiger charge is -2.35. The molecular formula is C18H22N4O. The van der Waals surface area contributed by atoms with Crippen molar-refractivity contribution in [3.05, 3.63) is 30.5 Å². The number of fused-ring (bicyclic) bond motifs is 1. The summed E-state index contributed by atoms with van der Waals surface area (Å²) >= 11 is 0. The molecule has 1 aromatic heterocycles. The highest BCUT2D eigenvalue weighted by Crippen LogP contribution is 2.33. The van der Waals surface area contributed by atoms with Gasteiger partial charge in [-0.2, -0.15) is 0 Å². The quantitative estimate of drug-likeness (QED) is 0.855. The normalized spacial score (nSPS) is 24.6. The first-order valence-corrected chi connectivity index (χ1v) is 8.50. The van der Waals surface area contributed by atoms with Crippen LogP contribution in [-0.2, 0) is 4.79 Å². The first-order valence-electron chi connectivity index (χ1n) is 8.50. The Bertz CT molecular complexity index is 732. The molecule has 2 aliphatic rings. The second-order valence-corrected chi connectivity index (χ2v) is 6.54. The maximum atomic E-state index is 11.9. The molecule has 0 aliphatic carbocycles. The minimum atomic E-state index is 0.198. The Morgan fingerprint density at radius 2 is 1.83 bits per heavy atom. The van der Waals surface area contributed by atoms with E-state index in [1.165, 1.54) is 0 Å². The molecule has 0 N–H and O–H groups in total. The van der Waals surface area contributed by atoms with Gasteiger partial charge in [-0.05, 0) is 37.8 Å². The van der Waals surface area contributed by atoms with Crippen LogP contribution < -0.4 is 4.90 Å². The van der Waals surface area contributed by atoms with E-state index in [0.29, 0.717) is 12.1 Å². The van der Waals surface area contributed by atoms with Crippen LogP contribution in [0.3, 0.4) is 0 Å². The largest absolute Gasteiger partial charge is 0.350 e. The van der Waals surface area contributed by atoms with E-state index in [2.05, 4.69) is 14.8 Å². The van der Waals surface area contributed by atoms with E-state index in [1.54, 1.807) is 6.92 Å². The van der Waals surface area contributed by atoms with Gasteiger partial charge in [-0.1, -0.05) is 12.1 Å².